The van der Waals surface area contributed by atoms with Gasteiger partial charge in [-0.3, -0.25) is 9.48 Å². The molecular weight excluding hydrogens is 386 g/mol. The van der Waals surface area contributed by atoms with Crippen molar-refractivity contribution in [3.8, 4) is 5.69 Å². The van der Waals surface area contributed by atoms with Gasteiger partial charge in [-0.2, -0.15) is 10.2 Å². The zero-order valence-electron chi connectivity index (χ0n) is 17.3. The first-order chi connectivity index (χ1) is 15.3. The topological polar surface area (TPSA) is 64.7 Å². The van der Waals surface area contributed by atoms with E-state index >= 15 is 0 Å². The number of nitrogens with one attached hydrogen (secondary N) is 1. The minimum atomic E-state index is 0.0316. The predicted octanol–water partition coefficient (Wildman–Crippen LogP) is 3.85. The van der Waals surface area contributed by atoms with Gasteiger partial charge in [0, 0.05) is 23.7 Å². The van der Waals surface area contributed by atoms with Crippen molar-refractivity contribution in [2.75, 3.05) is 0 Å². The van der Waals surface area contributed by atoms with Crippen LogP contribution < -0.4 is 5.32 Å². The van der Waals surface area contributed by atoms with Crippen LogP contribution in [-0.2, 0) is 24.2 Å². The number of benzene rings is 2. The smallest absolute Gasteiger partial charge is 0.224 e. The minimum Gasteiger partial charge on any atom is -0.349 e. The molecule has 2 heterocycles. The molecule has 2 aromatic heterocycles. The van der Waals surface area contributed by atoms with Crippen LogP contribution in [0.5, 0.6) is 0 Å². The molecule has 1 aliphatic carbocycles. The van der Waals surface area contributed by atoms with Crippen LogP contribution in [0.15, 0.2) is 79.3 Å². The Morgan fingerprint density at radius 3 is 2.61 bits per heavy atom. The van der Waals surface area contributed by atoms with Crippen LogP contribution in [0.4, 0.5) is 0 Å². The summed E-state index contributed by atoms with van der Waals surface area (Å²) in [4.78, 5) is 12.7. The second-order valence-electron chi connectivity index (χ2n) is 8.00. The lowest BCUT2D eigenvalue weighted by molar-refractivity contribution is -0.121. The summed E-state index contributed by atoms with van der Waals surface area (Å²) in [7, 11) is 0. The lowest BCUT2D eigenvalue weighted by Gasteiger charge is -2.24. The molecule has 0 saturated heterocycles. The number of hydrogen-bond donors (Lipinski definition) is 1. The summed E-state index contributed by atoms with van der Waals surface area (Å²) in [6, 6.07) is 20.2. The maximum absolute atomic E-state index is 12.7. The van der Waals surface area contributed by atoms with Crippen molar-refractivity contribution in [2.45, 2.75) is 38.3 Å². The highest BCUT2D eigenvalue weighted by atomic mass is 16.1. The van der Waals surface area contributed by atoms with E-state index in [9.17, 15) is 4.79 Å². The monoisotopic (exact) mass is 411 g/mol. The highest BCUT2D eigenvalue weighted by molar-refractivity contribution is 5.79. The Labute approximate surface area is 181 Å². The summed E-state index contributed by atoms with van der Waals surface area (Å²) in [6.07, 6.45) is 8.96. The van der Waals surface area contributed by atoms with Crippen LogP contribution in [0.1, 0.15) is 41.3 Å². The Bertz CT molecular complexity index is 1150. The number of rotatable bonds is 6. The molecule has 0 bridgehead atoms. The van der Waals surface area contributed by atoms with Crippen molar-refractivity contribution in [1.82, 2.24) is 24.9 Å². The average Bonchev–Trinajstić information content (AvgIpc) is 3.46. The second kappa shape index (κ2) is 8.60. The molecule has 1 amide bonds. The summed E-state index contributed by atoms with van der Waals surface area (Å²) in [6.45, 7) is 0.763. The van der Waals surface area contributed by atoms with Gasteiger partial charge in [0.15, 0.2) is 0 Å². The van der Waals surface area contributed by atoms with E-state index in [1.54, 1.807) is 10.9 Å². The first-order valence-electron chi connectivity index (χ1n) is 10.7. The summed E-state index contributed by atoms with van der Waals surface area (Å²) < 4.78 is 3.89. The van der Waals surface area contributed by atoms with E-state index < -0.39 is 0 Å². The summed E-state index contributed by atoms with van der Waals surface area (Å²) >= 11 is 0. The van der Waals surface area contributed by atoms with E-state index in [2.05, 4.69) is 44.5 Å². The van der Waals surface area contributed by atoms with Crippen LogP contribution in [0, 0.1) is 0 Å². The van der Waals surface area contributed by atoms with Gasteiger partial charge in [0.1, 0.15) is 0 Å². The molecule has 1 unspecified atom stereocenters. The average molecular weight is 412 g/mol. The van der Waals surface area contributed by atoms with E-state index in [-0.39, 0.29) is 11.9 Å². The highest BCUT2D eigenvalue weighted by Gasteiger charge is 2.25. The number of amides is 1. The molecule has 6 heteroatoms. The number of hydrogen-bond acceptors (Lipinski definition) is 3. The van der Waals surface area contributed by atoms with E-state index in [0.717, 1.165) is 42.6 Å². The van der Waals surface area contributed by atoms with Gasteiger partial charge in [-0.1, -0.05) is 42.5 Å². The largest absolute Gasteiger partial charge is 0.349 e. The van der Waals surface area contributed by atoms with Crippen molar-refractivity contribution in [2.24, 2.45) is 0 Å². The lowest BCUT2D eigenvalue weighted by atomic mass is 9.92. The number of fused-ring (bicyclic) bond motifs is 1. The number of nitrogens with zero attached hydrogens (tertiary/aromatic N) is 4. The molecule has 1 aliphatic rings. The van der Waals surface area contributed by atoms with Gasteiger partial charge in [0.2, 0.25) is 5.91 Å². The van der Waals surface area contributed by atoms with Crippen LogP contribution in [0.2, 0.25) is 0 Å². The van der Waals surface area contributed by atoms with Gasteiger partial charge >= 0.3 is 0 Å². The third-order valence-electron chi connectivity index (χ3n) is 5.84. The second-order valence-corrected chi connectivity index (χ2v) is 8.00. The molecule has 1 N–H and O–H groups in total. The minimum absolute atomic E-state index is 0.0316. The fourth-order valence-corrected chi connectivity index (χ4v) is 4.28. The molecule has 0 spiro atoms. The SMILES string of the molecule is O=C(Cc1ccc(-n2cccn2)cc1)NC1CCCc2c1cnn2Cc1ccccc1. The van der Waals surface area contributed by atoms with Gasteiger partial charge in [-0.25, -0.2) is 4.68 Å². The first-order valence-corrected chi connectivity index (χ1v) is 10.7. The van der Waals surface area contributed by atoms with Crippen LogP contribution >= 0.6 is 0 Å². The maximum atomic E-state index is 12.7. The Morgan fingerprint density at radius 2 is 1.84 bits per heavy atom. The third kappa shape index (κ3) is 4.28. The van der Waals surface area contributed by atoms with Gasteiger partial charge in [-0.15, -0.1) is 0 Å². The Balaban J connectivity index is 1.24. The van der Waals surface area contributed by atoms with E-state index in [1.807, 2.05) is 48.8 Å². The third-order valence-corrected chi connectivity index (χ3v) is 5.84. The standard InChI is InChI=1S/C25H25N5O/c31-25(16-19-10-12-21(13-11-19)29-15-5-14-26-29)28-23-8-4-9-24-22(23)17-27-30(24)18-20-6-2-1-3-7-20/h1-3,5-7,10-15,17,23H,4,8-9,16,18H2,(H,28,31). The van der Waals surface area contributed by atoms with E-state index in [4.69, 9.17) is 0 Å². The molecular formula is C25H25N5O. The number of carbonyl (C=O) groups excluding carboxylic acids is 1. The molecule has 2 aromatic carbocycles. The lowest BCUT2D eigenvalue weighted by Crippen LogP contribution is -2.32. The molecule has 1 atom stereocenters. The van der Waals surface area contributed by atoms with Gasteiger partial charge in [-0.05, 0) is 48.6 Å². The number of aromatic nitrogens is 4. The molecule has 0 aliphatic heterocycles. The molecule has 156 valence electrons. The van der Waals surface area contributed by atoms with Crippen LogP contribution in [-0.4, -0.2) is 25.5 Å². The molecule has 0 saturated carbocycles. The van der Waals surface area contributed by atoms with Crippen molar-refractivity contribution in [1.29, 1.82) is 0 Å². The van der Waals surface area contributed by atoms with Crippen molar-refractivity contribution < 1.29 is 4.79 Å². The Morgan fingerprint density at radius 1 is 1.00 bits per heavy atom. The Kier molecular flexibility index (Phi) is 5.35. The van der Waals surface area contributed by atoms with Crippen LogP contribution in [0.3, 0.4) is 0 Å². The predicted molar refractivity (Wildman–Crippen MR) is 119 cm³/mol. The van der Waals surface area contributed by atoms with Crippen molar-refractivity contribution in [3.63, 3.8) is 0 Å². The summed E-state index contributed by atoms with van der Waals surface area (Å²) in [5, 5.41) is 12.1. The molecule has 5 rings (SSSR count). The van der Waals surface area contributed by atoms with E-state index in [1.165, 1.54) is 11.3 Å². The Hall–Kier alpha value is -3.67. The van der Waals surface area contributed by atoms with Crippen molar-refractivity contribution >= 4 is 5.91 Å². The fraction of sp³-hybridized carbons (Fsp3) is 0.240. The highest BCUT2D eigenvalue weighted by Crippen LogP contribution is 2.30. The summed E-state index contributed by atoms with van der Waals surface area (Å²) in [5.41, 5.74) is 5.60. The normalized spacial score (nSPS) is 15.4. The van der Waals surface area contributed by atoms with E-state index in [0.29, 0.717) is 6.42 Å². The van der Waals surface area contributed by atoms with Gasteiger partial charge in [0.25, 0.3) is 0 Å². The molecule has 4 aromatic rings. The van der Waals surface area contributed by atoms with Crippen molar-refractivity contribution in [3.05, 3.63) is 102 Å². The van der Waals surface area contributed by atoms with Gasteiger partial charge in [0.05, 0.1) is 30.9 Å². The summed E-state index contributed by atoms with van der Waals surface area (Å²) in [5.74, 6) is 0.0421. The first kappa shape index (κ1) is 19.3. The molecule has 6 nitrogen and oxygen atoms in total. The zero-order valence-corrected chi connectivity index (χ0v) is 17.3. The quantitative estimate of drug-likeness (QED) is 0.524. The zero-order chi connectivity index (χ0) is 21.0. The number of carbonyl (C=O) groups is 1. The molecule has 0 fully saturated rings. The molecule has 31 heavy (non-hydrogen) atoms. The fourth-order valence-electron chi connectivity index (χ4n) is 4.28. The molecule has 0 radical (unpaired) electrons. The van der Waals surface area contributed by atoms with Gasteiger partial charge < -0.3 is 5.32 Å². The maximum Gasteiger partial charge on any atom is 0.224 e. The van der Waals surface area contributed by atoms with Crippen LogP contribution in [0.25, 0.3) is 5.69 Å².